The van der Waals surface area contributed by atoms with Gasteiger partial charge in [0.05, 0.1) is 25.9 Å². The molecule has 3 aromatic rings. The number of aliphatic hydroxyl groups excluding tert-OH is 6. The van der Waals surface area contributed by atoms with Crippen LogP contribution in [-0.4, -0.2) is 115 Å². The van der Waals surface area contributed by atoms with Crippen molar-refractivity contribution in [3.63, 3.8) is 0 Å². The van der Waals surface area contributed by atoms with Crippen LogP contribution in [0.15, 0.2) is 17.4 Å². The number of hydrogen-bond acceptors (Lipinski definition) is 14. The first-order valence-corrected chi connectivity index (χ1v) is 11.5. The summed E-state index contributed by atoms with van der Waals surface area (Å²) in [6.45, 7) is -0.885. The molecule has 3 aromatic heterocycles. The van der Waals surface area contributed by atoms with Crippen LogP contribution in [0.25, 0.3) is 11.2 Å². The summed E-state index contributed by atoms with van der Waals surface area (Å²) in [5.41, 5.74) is 10.5. The Hall–Kier alpha value is -3.27. The van der Waals surface area contributed by atoms with E-state index in [1.54, 1.807) is 0 Å². The zero-order chi connectivity index (χ0) is 27.9. The predicted molar refractivity (Wildman–Crippen MR) is 127 cm³/mol. The number of carbonyl (C=O) groups is 1. The minimum atomic E-state index is -1.29. The third-order valence-electron chi connectivity index (χ3n) is 6.12. The average Bonchev–Trinajstić information content (AvgIpc) is 3.61. The lowest BCUT2D eigenvalue weighted by Crippen LogP contribution is -2.33. The van der Waals surface area contributed by atoms with Crippen LogP contribution in [-0.2, 0) is 9.47 Å². The topological polar surface area (TPSA) is 293 Å². The molecule has 5 rings (SSSR count). The number of anilines is 1. The highest BCUT2D eigenvalue weighted by molar-refractivity contribution is 7.71. The van der Waals surface area contributed by atoms with Crippen molar-refractivity contribution >= 4 is 35.1 Å². The number of imidazole rings is 2. The van der Waals surface area contributed by atoms with Gasteiger partial charge in [-0.1, -0.05) is 0 Å². The van der Waals surface area contributed by atoms with Gasteiger partial charge in [0.1, 0.15) is 48.1 Å². The van der Waals surface area contributed by atoms with Crippen molar-refractivity contribution in [2.75, 3.05) is 18.9 Å². The number of aromatic nitrogens is 6. The Morgan fingerprint density at radius 2 is 1.47 bits per heavy atom. The molecule has 1 amide bonds. The molecule has 19 heteroatoms. The van der Waals surface area contributed by atoms with E-state index >= 15 is 0 Å². The maximum atomic E-state index is 11.7. The molecule has 2 fully saturated rings. The fourth-order valence-electron chi connectivity index (χ4n) is 4.13. The van der Waals surface area contributed by atoms with Crippen molar-refractivity contribution in [3.05, 3.63) is 33.5 Å². The van der Waals surface area contributed by atoms with E-state index in [-0.39, 0.29) is 27.4 Å². The number of rotatable bonds is 5. The second-order valence-electron chi connectivity index (χ2n) is 8.46. The highest BCUT2D eigenvalue weighted by atomic mass is 32.1. The molecule has 38 heavy (non-hydrogen) atoms. The number of fused-ring (bicyclic) bond motifs is 1. The summed E-state index contributed by atoms with van der Waals surface area (Å²) in [5.74, 6) is -0.879. The number of nitrogens with one attached hydrogen (secondary N) is 2. The molecule has 2 unspecified atom stereocenters. The van der Waals surface area contributed by atoms with Crippen molar-refractivity contribution in [2.45, 2.75) is 49.1 Å². The number of H-pyrrole nitrogens is 2. The number of carbonyl (C=O) groups excluding carboxylic acids is 1. The minimum absolute atomic E-state index is 0.0719. The van der Waals surface area contributed by atoms with Crippen molar-refractivity contribution in [3.8, 4) is 0 Å². The van der Waals surface area contributed by atoms with E-state index in [4.69, 9.17) is 43.4 Å². The quantitative estimate of drug-likeness (QED) is 0.132. The van der Waals surface area contributed by atoms with E-state index in [0.29, 0.717) is 0 Å². The molecule has 2 saturated heterocycles. The monoisotopic (exact) mass is 558 g/mol. The largest absolute Gasteiger partial charge is 0.394 e. The van der Waals surface area contributed by atoms with Crippen molar-refractivity contribution in [1.29, 1.82) is 0 Å². The van der Waals surface area contributed by atoms with Crippen LogP contribution in [0.2, 0.25) is 0 Å². The normalized spacial score (nSPS) is 30.9. The van der Waals surface area contributed by atoms with E-state index in [1.807, 2.05) is 0 Å². The van der Waals surface area contributed by atoms with Crippen LogP contribution >= 0.6 is 12.2 Å². The molecule has 0 radical (unpaired) electrons. The summed E-state index contributed by atoms with van der Waals surface area (Å²) in [4.78, 5) is 35.4. The summed E-state index contributed by atoms with van der Waals surface area (Å²) in [7, 11) is 0. The molecule has 18 nitrogen and oxygen atoms in total. The number of ether oxygens (including phenoxy) is 2. The molecule has 0 spiro atoms. The molecule has 8 atom stereocenters. The first-order chi connectivity index (χ1) is 18.0. The summed E-state index contributed by atoms with van der Waals surface area (Å²) in [5, 5.41) is 57.1. The van der Waals surface area contributed by atoms with E-state index in [9.17, 15) is 30.0 Å². The van der Waals surface area contributed by atoms with Gasteiger partial charge in [-0.15, -0.1) is 0 Å². The molecule has 2 aliphatic rings. The Bertz CT molecular complexity index is 1420. The zero-order valence-electron chi connectivity index (χ0n) is 19.4. The van der Waals surface area contributed by atoms with Gasteiger partial charge in [-0.05, 0) is 12.2 Å². The molecular weight excluding hydrogens is 532 g/mol. The van der Waals surface area contributed by atoms with Crippen LogP contribution in [0, 0.1) is 4.77 Å². The SMILES string of the molecule is NC(=O)c1ncn([C@@H]2O[C@H](CO)C(O)[C@@H]2O)c1N.O=c1[nH]c(=S)[nH]c2c1ncn2[C@@H]1O[C@H](CO)C(O)[C@@H]1O. The fourth-order valence-corrected chi connectivity index (χ4v) is 4.32. The van der Waals surface area contributed by atoms with E-state index in [2.05, 4.69) is 19.9 Å². The summed E-state index contributed by atoms with van der Waals surface area (Å²) in [6.07, 6.45) is -6.39. The van der Waals surface area contributed by atoms with Crippen molar-refractivity contribution in [1.82, 2.24) is 29.1 Å². The third kappa shape index (κ3) is 4.81. The lowest BCUT2D eigenvalue weighted by molar-refractivity contribution is -0.0518. The molecule has 0 aliphatic carbocycles. The lowest BCUT2D eigenvalue weighted by atomic mass is 10.1. The number of amides is 1. The van der Waals surface area contributed by atoms with Gasteiger partial charge >= 0.3 is 0 Å². The number of hydrogen-bond donors (Lipinski definition) is 10. The molecule has 208 valence electrons. The molecule has 5 heterocycles. The Morgan fingerprint density at radius 3 is 1.95 bits per heavy atom. The van der Waals surface area contributed by atoms with Gasteiger partial charge in [0.25, 0.3) is 11.5 Å². The van der Waals surface area contributed by atoms with E-state index < -0.39 is 73.8 Å². The van der Waals surface area contributed by atoms with Gasteiger partial charge in [0.15, 0.2) is 28.4 Å². The van der Waals surface area contributed by atoms with Crippen molar-refractivity contribution < 1.29 is 44.9 Å². The van der Waals surface area contributed by atoms with Gasteiger partial charge in [0.2, 0.25) is 0 Å². The first kappa shape index (κ1) is 27.8. The van der Waals surface area contributed by atoms with Gasteiger partial charge < -0.3 is 56.6 Å². The van der Waals surface area contributed by atoms with Gasteiger partial charge in [0, 0.05) is 0 Å². The predicted octanol–water partition coefficient (Wildman–Crippen LogP) is -4.43. The Kier molecular flexibility index (Phi) is 7.92. The van der Waals surface area contributed by atoms with Crippen LogP contribution in [0.4, 0.5) is 5.82 Å². The Morgan fingerprint density at radius 1 is 0.947 bits per heavy atom. The average molecular weight is 559 g/mol. The first-order valence-electron chi connectivity index (χ1n) is 11.1. The zero-order valence-corrected chi connectivity index (χ0v) is 20.2. The highest BCUT2D eigenvalue weighted by Crippen LogP contribution is 2.32. The fraction of sp³-hybridized carbons (Fsp3) is 0.526. The summed E-state index contributed by atoms with van der Waals surface area (Å²) in [6, 6.07) is 0. The molecule has 12 N–H and O–H groups in total. The van der Waals surface area contributed by atoms with Crippen LogP contribution in [0.3, 0.4) is 0 Å². The van der Waals surface area contributed by atoms with Gasteiger partial charge in [-0.25, -0.2) is 9.97 Å². The highest BCUT2D eigenvalue weighted by Gasteiger charge is 2.45. The van der Waals surface area contributed by atoms with Gasteiger partial charge in [-0.3, -0.25) is 23.7 Å². The lowest BCUT2D eigenvalue weighted by Gasteiger charge is -2.17. The third-order valence-corrected chi connectivity index (χ3v) is 6.32. The molecular formula is C19H26N8O10S. The molecule has 0 saturated carbocycles. The van der Waals surface area contributed by atoms with Crippen LogP contribution in [0.1, 0.15) is 22.9 Å². The smallest absolute Gasteiger partial charge is 0.279 e. The number of nitrogens with zero attached hydrogens (tertiary/aromatic N) is 4. The van der Waals surface area contributed by atoms with Crippen molar-refractivity contribution in [2.24, 2.45) is 5.73 Å². The summed E-state index contributed by atoms with van der Waals surface area (Å²) >= 11 is 4.88. The summed E-state index contributed by atoms with van der Waals surface area (Å²) < 4.78 is 13.3. The maximum absolute atomic E-state index is 11.7. The minimum Gasteiger partial charge on any atom is -0.394 e. The van der Waals surface area contributed by atoms with Crippen LogP contribution in [0.5, 0.6) is 0 Å². The standard InChI is InChI=1S/C10H12N4O5S.C9H14N4O5/c15-1-3-5(16)6(17)9(19-3)14-2-11-4-7(14)12-10(20)13-8(4)18;10-7-4(8(11)17)12-2-13(7)9-6(16)5(15)3(1-14)18-9/h2-3,5-6,9,15-17H,1H2,(H2,12,13,18,20);2-3,5-6,9,14-16H,1,10H2,(H2,11,17)/t2*3-,5?,6+,9-/m11/s1. The number of nitrogen functional groups attached to an aromatic ring is 1. The van der Waals surface area contributed by atoms with Gasteiger partial charge in [-0.2, -0.15) is 0 Å². The molecule has 2 aliphatic heterocycles. The second kappa shape index (κ2) is 10.8. The van der Waals surface area contributed by atoms with Crippen LogP contribution < -0.4 is 17.0 Å². The van der Waals surface area contributed by atoms with E-state index in [1.165, 1.54) is 21.8 Å². The molecule has 0 bridgehead atoms. The number of aromatic amines is 2. The molecule has 0 aromatic carbocycles. The number of nitrogens with two attached hydrogens (primary N) is 2. The maximum Gasteiger partial charge on any atom is 0.279 e. The number of primary amides is 1. The second-order valence-corrected chi connectivity index (χ2v) is 8.87. The van der Waals surface area contributed by atoms with E-state index in [0.717, 1.165) is 0 Å². The Balaban J connectivity index is 0.000000178. The number of aliphatic hydroxyl groups is 6. The Labute approximate surface area is 216 Å².